The van der Waals surface area contributed by atoms with Gasteiger partial charge in [0.05, 0.1) is 0 Å². The number of halogens is 1. The van der Waals surface area contributed by atoms with Crippen LogP contribution in [0.15, 0.2) is 28.7 Å². The van der Waals surface area contributed by atoms with Crippen LogP contribution in [0.4, 0.5) is 0 Å². The first-order valence-electron chi connectivity index (χ1n) is 12.8. The van der Waals surface area contributed by atoms with E-state index in [4.69, 9.17) is 4.74 Å². The molecule has 0 spiro atoms. The van der Waals surface area contributed by atoms with Crippen molar-refractivity contribution >= 4 is 15.9 Å². The molecule has 0 saturated heterocycles. The molecule has 33 heavy (non-hydrogen) atoms. The Morgan fingerprint density at radius 3 is 2.00 bits per heavy atom. The lowest BCUT2D eigenvalue weighted by Gasteiger charge is -2.35. The lowest BCUT2D eigenvalue weighted by Crippen LogP contribution is -2.29. The van der Waals surface area contributed by atoms with Crippen molar-refractivity contribution in [3.63, 3.8) is 0 Å². The zero-order valence-electron chi connectivity index (χ0n) is 20.9. The Labute approximate surface area is 207 Å². The Bertz CT molecular complexity index is 1180. The number of hydrogen-bond acceptors (Lipinski definition) is 2. The molecule has 0 amide bonds. The minimum absolute atomic E-state index is 0.0118. The van der Waals surface area contributed by atoms with E-state index in [1.165, 1.54) is 37.7 Å². The third kappa shape index (κ3) is 2.78. The third-order valence-electron chi connectivity index (χ3n) is 11.4. The topological polar surface area (TPSA) is 29.5 Å². The predicted molar refractivity (Wildman–Crippen MR) is 137 cm³/mol. The molecule has 4 fully saturated rings. The number of ether oxygens (including phenoxy) is 1. The summed E-state index contributed by atoms with van der Waals surface area (Å²) in [5.74, 6) is 3.92. The SMILES string of the molecule is Cc1cc(O)c(C2(C)CCC3CC32C)cc1Oc1cc(C2(C)CCC3CC32C)cc(Br)c1C. The van der Waals surface area contributed by atoms with E-state index in [2.05, 4.69) is 68.7 Å². The van der Waals surface area contributed by atoms with Crippen molar-refractivity contribution in [3.05, 3.63) is 51.0 Å². The first-order valence-corrected chi connectivity index (χ1v) is 13.5. The van der Waals surface area contributed by atoms with Crippen LogP contribution in [0.3, 0.4) is 0 Å². The summed E-state index contributed by atoms with van der Waals surface area (Å²) in [5.41, 5.74) is 5.52. The molecular weight excluding hydrogens is 472 g/mol. The number of rotatable bonds is 4. The Hall–Kier alpha value is -1.48. The normalized spacial score (nSPS) is 40.5. The lowest BCUT2D eigenvalue weighted by atomic mass is 9.70. The summed E-state index contributed by atoms with van der Waals surface area (Å²) in [6, 6.07) is 8.69. The molecular formula is C30H37BrO2. The molecule has 6 atom stereocenters. The number of phenolic OH excluding ortho intramolecular Hbond substituents is 1. The predicted octanol–water partition coefficient (Wildman–Crippen LogP) is 8.72. The zero-order chi connectivity index (χ0) is 23.6. The summed E-state index contributed by atoms with van der Waals surface area (Å²) in [6.07, 6.45) is 7.63. The second kappa shape index (κ2) is 6.59. The van der Waals surface area contributed by atoms with Gasteiger partial charge in [-0.3, -0.25) is 0 Å². The molecule has 0 aromatic heterocycles. The highest BCUT2D eigenvalue weighted by atomic mass is 79.9. The molecule has 6 rings (SSSR count). The molecule has 0 bridgehead atoms. The minimum Gasteiger partial charge on any atom is -0.508 e. The molecule has 2 aromatic carbocycles. The Kier molecular flexibility index (Phi) is 4.40. The van der Waals surface area contributed by atoms with Gasteiger partial charge in [-0.05, 0) is 116 Å². The number of aryl methyl sites for hydroxylation is 1. The van der Waals surface area contributed by atoms with Crippen molar-refractivity contribution < 1.29 is 9.84 Å². The maximum Gasteiger partial charge on any atom is 0.131 e. The number of benzene rings is 2. The van der Waals surface area contributed by atoms with Gasteiger partial charge < -0.3 is 9.84 Å². The van der Waals surface area contributed by atoms with Gasteiger partial charge in [0.2, 0.25) is 0 Å². The molecule has 0 aliphatic heterocycles. The molecule has 0 heterocycles. The maximum atomic E-state index is 11.0. The maximum absolute atomic E-state index is 11.0. The number of hydrogen-bond donors (Lipinski definition) is 1. The first-order chi connectivity index (χ1) is 15.4. The fraction of sp³-hybridized carbons (Fsp3) is 0.600. The standard InChI is InChI=1S/C30H37BrO2/c1-17-11-24(32)22(28(4)10-8-20-16-30(20,28)6)14-25(17)33-26-13-21(12-23(31)18(26)2)27(3)9-7-19-15-29(19,27)5/h11-14,19-20,32H,7-10,15-16H2,1-6H3. The highest BCUT2D eigenvalue weighted by Crippen LogP contribution is 2.74. The van der Waals surface area contributed by atoms with E-state index in [-0.39, 0.29) is 10.8 Å². The number of fused-ring (bicyclic) bond motifs is 2. The van der Waals surface area contributed by atoms with E-state index < -0.39 is 0 Å². The van der Waals surface area contributed by atoms with Gasteiger partial charge in [-0.1, -0.05) is 43.6 Å². The molecule has 6 unspecified atom stereocenters. The summed E-state index contributed by atoms with van der Waals surface area (Å²) >= 11 is 3.84. The molecule has 2 nitrogen and oxygen atoms in total. The van der Waals surface area contributed by atoms with Gasteiger partial charge in [0.25, 0.3) is 0 Å². The highest BCUT2D eigenvalue weighted by molar-refractivity contribution is 9.10. The van der Waals surface area contributed by atoms with Gasteiger partial charge in [0.15, 0.2) is 0 Å². The van der Waals surface area contributed by atoms with Gasteiger partial charge in [0, 0.05) is 21.0 Å². The van der Waals surface area contributed by atoms with Gasteiger partial charge in [-0.25, -0.2) is 0 Å². The quantitative estimate of drug-likeness (QED) is 0.447. The van der Waals surface area contributed by atoms with Crippen molar-refractivity contribution in [3.8, 4) is 17.2 Å². The highest BCUT2D eigenvalue weighted by Gasteiger charge is 2.67. The minimum atomic E-state index is 0.0118. The van der Waals surface area contributed by atoms with Crippen molar-refractivity contribution in [2.75, 3.05) is 0 Å². The van der Waals surface area contributed by atoms with Gasteiger partial charge in [-0.2, -0.15) is 0 Å². The summed E-state index contributed by atoms with van der Waals surface area (Å²) in [6.45, 7) is 13.9. The fourth-order valence-corrected chi connectivity index (χ4v) is 8.38. The van der Waals surface area contributed by atoms with E-state index in [0.29, 0.717) is 16.6 Å². The number of aromatic hydroxyl groups is 1. The van der Waals surface area contributed by atoms with E-state index in [1.54, 1.807) is 0 Å². The van der Waals surface area contributed by atoms with Crippen LogP contribution in [0.2, 0.25) is 0 Å². The van der Waals surface area contributed by atoms with Crippen LogP contribution in [0.5, 0.6) is 17.2 Å². The molecule has 3 heteroatoms. The van der Waals surface area contributed by atoms with Crippen LogP contribution >= 0.6 is 15.9 Å². The molecule has 2 aromatic rings. The van der Waals surface area contributed by atoms with Gasteiger partial charge in [-0.15, -0.1) is 0 Å². The van der Waals surface area contributed by atoms with Crippen molar-refractivity contribution in [2.45, 2.75) is 90.9 Å². The smallest absolute Gasteiger partial charge is 0.131 e. The fourth-order valence-electron chi connectivity index (χ4n) is 7.93. The van der Waals surface area contributed by atoms with Crippen LogP contribution < -0.4 is 4.74 Å². The van der Waals surface area contributed by atoms with E-state index in [1.807, 2.05) is 13.0 Å². The molecule has 4 saturated carbocycles. The van der Waals surface area contributed by atoms with Crippen molar-refractivity contribution in [2.24, 2.45) is 22.7 Å². The van der Waals surface area contributed by atoms with E-state index in [9.17, 15) is 5.11 Å². The Morgan fingerprint density at radius 1 is 0.848 bits per heavy atom. The van der Waals surface area contributed by atoms with Crippen molar-refractivity contribution in [1.82, 2.24) is 0 Å². The zero-order valence-corrected chi connectivity index (χ0v) is 22.5. The third-order valence-corrected chi connectivity index (χ3v) is 12.2. The largest absolute Gasteiger partial charge is 0.508 e. The summed E-state index contributed by atoms with van der Waals surface area (Å²) < 4.78 is 7.81. The average molecular weight is 510 g/mol. The van der Waals surface area contributed by atoms with Crippen molar-refractivity contribution in [1.29, 1.82) is 0 Å². The summed E-state index contributed by atoms with van der Waals surface area (Å²) in [7, 11) is 0. The molecule has 4 aliphatic rings. The van der Waals surface area contributed by atoms with Crippen LogP contribution in [0, 0.1) is 36.5 Å². The molecule has 0 radical (unpaired) electrons. The molecule has 4 aliphatic carbocycles. The van der Waals surface area contributed by atoms with Crippen LogP contribution in [-0.2, 0) is 10.8 Å². The van der Waals surface area contributed by atoms with Crippen LogP contribution in [0.25, 0.3) is 0 Å². The van der Waals surface area contributed by atoms with Crippen LogP contribution in [0.1, 0.15) is 88.5 Å². The molecule has 176 valence electrons. The van der Waals surface area contributed by atoms with Gasteiger partial charge >= 0.3 is 0 Å². The lowest BCUT2D eigenvalue weighted by molar-refractivity contribution is 0.297. The van der Waals surface area contributed by atoms with Crippen LogP contribution in [-0.4, -0.2) is 5.11 Å². The Balaban J connectivity index is 1.40. The molecule has 1 N–H and O–H groups in total. The summed E-state index contributed by atoms with van der Waals surface area (Å²) in [4.78, 5) is 0. The second-order valence-corrected chi connectivity index (χ2v) is 13.6. The van der Waals surface area contributed by atoms with E-state index >= 15 is 0 Å². The second-order valence-electron chi connectivity index (χ2n) is 12.7. The Morgan fingerprint density at radius 2 is 1.45 bits per heavy atom. The van der Waals surface area contributed by atoms with Gasteiger partial charge in [0.1, 0.15) is 17.2 Å². The summed E-state index contributed by atoms with van der Waals surface area (Å²) in [5, 5.41) is 11.0. The monoisotopic (exact) mass is 508 g/mol. The average Bonchev–Trinajstić information content (AvgIpc) is 3.59. The number of phenols is 1. The first kappa shape index (κ1) is 22.0. The van der Waals surface area contributed by atoms with E-state index in [0.717, 1.165) is 50.9 Å².